The molecule has 1 atom stereocenters. The predicted molar refractivity (Wildman–Crippen MR) is 95.7 cm³/mol. The van der Waals surface area contributed by atoms with E-state index in [9.17, 15) is 8.78 Å². The molecule has 3 aromatic heterocycles. The van der Waals surface area contributed by atoms with Crippen molar-refractivity contribution >= 4 is 54.5 Å². The number of aromatic nitrogens is 2. The molecule has 3 aromatic rings. The number of anilines is 1. The Morgan fingerprint density at radius 1 is 1.46 bits per heavy atom. The smallest absolute Gasteiger partial charge is 0.300 e. The summed E-state index contributed by atoms with van der Waals surface area (Å²) in [6.45, 7) is -0.251. The summed E-state index contributed by atoms with van der Waals surface area (Å²) in [6.07, 6.45) is 1.51. The minimum absolute atomic E-state index is 0.156. The zero-order valence-electron chi connectivity index (χ0n) is 12.2. The van der Waals surface area contributed by atoms with Crippen LogP contribution in [0, 0.1) is 0 Å². The number of nitrogens with one attached hydrogen (secondary N) is 1. The molecule has 0 spiro atoms. The molecule has 0 saturated heterocycles. The van der Waals surface area contributed by atoms with Crippen molar-refractivity contribution in [2.45, 2.75) is 18.5 Å². The summed E-state index contributed by atoms with van der Waals surface area (Å²) in [5.74, 6) is -3.37. The predicted octanol–water partition coefficient (Wildman–Crippen LogP) is 3.54. The fourth-order valence-electron chi connectivity index (χ4n) is 2.10. The van der Waals surface area contributed by atoms with Crippen molar-refractivity contribution in [1.82, 2.24) is 10.2 Å². The zero-order valence-corrected chi connectivity index (χ0v) is 15.4. The number of aliphatic hydroxyl groups excluding tert-OH is 1. The molecule has 5 nitrogen and oxygen atoms in total. The quantitative estimate of drug-likeness (QED) is 0.552. The Balaban J connectivity index is 1.99. The van der Waals surface area contributed by atoms with E-state index in [4.69, 9.17) is 10.8 Å². The van der Waals surface area contributed by atoms with Crippen molar-refractivity contribution < 1.29 is 13.9 Å². The lowest BCUT2D eigenvalue weighted by atomic mass is 10.1. The number of thiophene rings is 2. The van der Waals surface area contributed by atoms with E-state index in [0.29, 0.717) is 22.4 Å². The highest BCUT2D eigenvalue weighted by Crippen LogP contribution is 2.46. The van der Waals surface area contributed by atoms with Gasteiger partial charge in [-0.15, -0.1) is 27.8 Å². The van der Waals surface area contributed by atoms with E-state index in [1.165, 1.54) is 6.20 Å². The minimum Gasteiger partial charge on any atom is -0.395 e. The maximum absolute atomic E-state index is 14.4. The summed E-state index contributed by atoms with van der Waals surface area (Å²) < 4.78 is 29.6. The highest BCUT2D eigenvalue weighted by molar-refractivity contribution is 9.10. The van der Waals surface area contributed by atoms with Gasteiger partial charge in [-0.3, -0.25) is 0 Å². The number of fused-ring (bicyclic) bond motifs is 1. The Morgan fingerprint density at radius 3 is 2.92 bits per heavy atom. The first kappa shape index (κ1) is 17.6. The van der Waals surface area contributed by atoms with Gasteiger partial charge in [0.15, 0.2) is 0 Å². The molecule has 0 fully saturated rings. The van der Waals surface area contributed by atoms with Crippen molar-refractivity contribution in [2.24, 2.45) is 5.73 Å². The molecule has 0 aliphatic carbocycles. The molecule has 0 amide bonds. The first-order valence-electron chi connectivity index (χ1n) is 6.89. The van der Waals surface area contributed by atoms with E-state index in [2.05, 4.69) is 31.4 Å². The van der Waals surface area contributed by atoms with Crippen LogP contribution in [-0.2, 0) is 12.5 Å². The van der Waals surface area contributed by atoms with Crippen LogP contribution in [0.25, 0.3) is 10.2 Å². The van der Waals surface area contributed by atoms with Crippen LogP contribution in [0.1, 0.15) is 9.75 Å². The first-order chi connectivity index (χ1) is 11.4. The number of aliphatic hydroxyl groups is 1. The first-order valence-corrected chi connectivity index (χ1v) is 9.38. The van der Waals surface area contributed by atoms with Crippen LogP contribution < -0.4 is 11.1 Å². The average Bonchev–Trinajstić information content (AvgIpc) is 3.20. The molecule has 24 heavy (non-hydrogen) atoms. The van der Waals surface area contributed by atoms with Gasteiger partial charge < -0.3 is 16.2 Å². The van der Waals surface area contributed by atoms with Crippen molar-refractivity contribution in [3.05, 3.63) is 37.9 Å². The maximum Gasteiger partial charge on any atom is 0.300 e. The van der Waals surface area contributed by atoms with Crippen LogP contribution in [0.3, 0.4) is 0 Å². The third-order valence-corrected chi connectivity index (χ3v) is 6.62. The number of hydrogen-bond acceptors (Lipinski definition) is 7. The van der Waals surface area contributed by atoms with Crippen LogP contribution in [0.4, 0.5) is 14.5 Å². The van der Waals surface area contributed by atoms with Gasteiger partial charge in [-0.2, -0.15) is 13.9 Å². The van der Waals surface area contributed by atoms with E-state index in [1.807, 2.05) is 17.5 Å². The molecule has 0 aliphatic heterocycles. The lowest BCUT2D eigenvalue weighted by Crippen LogP contribution is -2.41. The standard InChI is InChI=1S/C14H13BrF2N4OS2/c15-10-11-12(24-13(10)14(16,17)9(18)6-22)8(5-20-21-11)19-4-7-2-1-3-23-7/h1-3,5,9,22H,4,6,18H2,(H,19,21)/t9-/m0/s1. The monoisotopic (exact) mass is 434 g/mol. The Kier molecular flexibility index (Phi) is 5.11. The van der Waals surface area contributed by atoms with Gasteiger partial charge in [-0.1, -0.05) is 6.07 Å². The summed E-state index contributed by atoms with van der Waals surface area (Å²) in [6, 6.07) is 2.24. The number of halogens is 3. The molecule has 3 rings (SSSR count). The van der Waals surface area contributed by atoms with Crippen LogP contribution >= 0.6 is 38.6 Å². The Morgan fingerprint density at radius 2 is 2.25 bits per heavy atom. The third-order valence-electron chi connectivity index (χ3n) is 3.41. The second-order valence-corrected chi connectivity index (χ2v) is 7.87. The summed E-state index contributed by atoms with van der Waals surface area (Å²) in [7, 11) is 0. The van der Waals surface area contributed by atoms with Gasteiger partial charge in [0.1, 0.15) is 5.52 Å². The van der Waals surface area contributed by atoms with E-state index in [0.717, 1.165) is 16.2 Å². The van der Waals surface area contributed by atoms with E-state index in [1.54, 1.807) is 11.3 Å². The van der Waals surface area contributed by atoms with Gasteiger partial charge >= 0.3 is 0 Å². The van der Waals surface area contributed by atoms with Gasteiger partial charge in [0.25, 0.3) is 5.92 Å². The van der Waals surface area contributed by atoms with Gasteiger partial charge in [-0.25, -0.2) is 0 Å². The Labute approximate surface area is 152 Å². The van der Waals surface area contributed by atoms with Crippen molar-refractivity contribution in [3.8, 4) is 0 Å². The normalized spacial score (nSPS) is 13.4. The summed E-state index contributed by atoms with van der Waals surface area (Å²) in [4.78, 5) is 0.849. The van der Waals surface area contributed by atoms with Crippen LogP contribution in [0.15, 0.2) is 28.2 Å². The van der Waals surface area contributed by atoms with E-state index in [-0.39, 0.29) is 9.35 Å². The molecule has 10 heteroatoms. The second-order valence-electron chi connectivity index (χ2n) is 5.03. The molecule has 3 heterocycles. The molecule has 0 unspecified atom stereocenters. The topological polar surface area (TPSA) is 84.1 Å². The zero-order chi connectivity index (χ0) is 17.3. The average molecular weight is 435 g/mol. The molecule has 4 N–H and O–H groups in total. The second kappa shape index (κ2) is 6.96. The Hall–Kier alpha value is -1.20. The molecular formula is C14H13BrF2N4OS2. The molecule has 0 aliphatic rings. The number of alkyl halides is 2. The largest absolute Gasteiger partial charge is 0.395 e. The van der Waals surface area contributed by atoms with Gasteiger partial charge in [0, 0.05) is 11.4 Å². The number of rotatable bonds is 6. The van der Waals surface area contributed by atoms with Crippen LogP contribution in [0.5, 0.6) is 0 Å². The molecular weight excluding hydrogens is 422 g/mol. The number of nitrogens with zero attached hydrogens (tertiary/aromatic N) is 2. The van der Waals surface area contributed by atoms with Crippen molar-refractivity contribution in [3.63, 3.8) is 0 Å². The highest BCUT2D eigenvalue weighted by Gasteiger charge is 2.43. The molecule has 0 saturated carbocycles. The number of hydrogen-bond donors (Lipinski definition) is 3. The van der Waals surface area contributed by atoms with E-state index < -0.39 is 18.6 Å². The van der Waals surface area contributed by atoms with Crippen molar-refractivity contribution in [1.29, 1.82) is 0 Å². The van der Waals surface area contributed by atoms with Crippen molar-refractivity contribution in [2.75, 3.05) is 11.9 Å². The summed E-state index contributed by atoms with van der Waals surface area (Å²) in [5, 5.41) is 22.0. The van der Waals surface area contributed by atoms with Gasteiger partial charge in [0.2, 0.25) is 0 Å². The van der Waals surface area contributed by atoms with Crippen LogP contribution in [-0.4, -0.2) is 28.0 Å². The van der Waals surface area contributed by atoms with E-state index >= 15 is 0 Å². The Bertz CT molecular complexity index is 841. The summed E-state index contributed by atoms with van der Waals surface area (Å²) in [5.41, 5.74) is 6.34. The molecule has 0 aromatic carbocycles. The van der Waals surface area contributed by atoms with Gasteiger partial charge in [0.05, 0.1) is 38.6 Å². The summed E-state index contributed by atoms with van der Waals surface area (Å²) >= 11 is 5.66. The van der Waals surface area contributed by atoms with Gasteiger partial charge in [-0.05, 0) is 27.4 Å². The SMILES string of the molecule is N[C@@H](CO)C(F)(F)c1sc2c(NCc3cccs3)cnnc2c1Br. The van der Waals surface area contributed by atoms with Crippen LogP contribution in [0.2, 0.25) is 0 Å². The lowest BCUT2D eigenvalue weighted by molar-refractivity contribution is -0.0434. The minimum atomic E-state index is -3.37. The third kappa shape index (κ3) is 3.16. The molecule has 0 bridgehead atoms. The maximum atomic E-state index is 14.4. The molecule has 0 radical (unpaired) electrons. The fourth-order valence-corrected chi connectivity index (χ4v) is 4.81. The lowest BCUT2D eigenvalue weighted by Gasteiger charge is -2.20. The fraction of sp³-hybridized carbons (Fsp3) is 0.286. The molecule has 128 valence electrons. The highest BCUT2D eigenvalue weighted by atomic mass is 79.9. The number of nitrogens with two attached hydrogens (primary N) is 1.